The summed E-state index contributed by atoms with van der Waals surface area (Å²) in [7, 11) is 3.02. The number of hydrogen-bond acceptors (Lipinski definition) is 5. The van der Waals surface area contributed by atoms with Gasteiger partial charge in [0, 0.05) is 10.9 Å². The first kappa shape index (κ1) is 24.5. The fourth-order valence-corrected chi connectivity index (χ4v) is 3.58. The Bertz CT molecular complexity index is 1480. The van der Waals surface area contributed by atoms with E-state index in [0.717, 1.165) is 6.07 Å². The quantitative estimate of drug-likeness (QED) is 0.363. The summed E-state index contributed by atoms with van der Waals surface area (Å²) in [4.78, 5) is 29.9. The molecule has 1 heterocycles. The normalized spacial score (nSPS) is 10.7. The van der Waals surface area contributed by atoms with Crippen molar-refractivity contribution in [2.24, 2.45) is 0 Å². The van der Waals surface area contributed by atoms with Crippen LogP contribution >= 0.6 is 0 Å². The lowest BCUT2D eigenvalue weighted by atomic mass is 10.0. The Balaban J connectivity index is 1.59. The van der Waals surface area contributed by atoms with Crippen LogP contribution in [0.2, 0.25) is 0 Å². The minimum Gasteiger partial charge on any atom is -0.493 e. The van der Waals surface area contributed by atoms with Gasteiger partial charge in [-0.3, -0.25) is 9.59 Å². The van der Waals surface area contributed by atoms with Crippen molar-refractivity contribution < 1.29 is 32.2 Å². The molecular formula is C26H20F3N3O4. The number of para-hydroxylation sites is 1. The van der Waals surface area contributed by atoms with Crippen LogP contribution in [0.4, 0.5) is 18.9 Å². The van der Waals surface area contributed by atoms with Crippen LogP contribution in [-0.2, 0) is 4.79 Å². The van der Waals surface area contributed by atoms with Gasteiger partial charge in [0.05, 0.1) is 43.2 Å². The Labute approximate surface area is 203 Å². The van der Waals surface area contributed by atoms with Crippen LogP contribution in [0.25, 0.3) is 22.2 Å². The maximum absolute atomic E-state index is 13.8. The van der Waals surface area contributed by atoms with Crippen molar-refractivity contribution in [3.8, 4) is 22.8 Å². The van der Waals surface area contributed by atoms with Gasteiger partial charge in [-0.2, -0.15) is 0 Å². The number of nitrogens with zero attached hydrogens (tertiary/aromatic N) is 1. The van der Waals surface area contributed by atoms with Gasteiger partial charge in [-0.1, -0.05) is 18.2 Å². The zero-order valence-electron chi connectivity index (χ0n) is 19.2. The summed E-state index contributed by atoms with van der Waals surface area (Å²) in [6.07, 6.45) is 0. The Morgan fingerprint density at radius 2 is 1.64 bits per heavy atom. The minimum absolute atomic E-state index is 0.247. The van der Waals surface area contributed by atoms with Crippen molar-refractivity contribution in [3.05, 3.63) is 83.7 Å². The molecule has 0 atom stereocenters. The van der Waals surface area contributed by atoms with E-state index >= 15 is 0 Å². The van der Waals surface area contributed by atoms with Gasteiger partial charge in [0.15, 0.2) is 29.0 Å². The second kappa shape index (κ2) is 10.3. The van der Waals surface area contributed by atoms with Crippen LogP contribution < -0.4 is 20.1 Å². The number of nitrogens with one attached hydrogen (secondary N) is 2. The Morgan fingerprint density at radius 3 is 2.39 bits per heavy atom. The molecule has 0 unspecified atom stereocenters. The molecule has 10 heteroatoms. The van der Waals surface area contributed by atoms with E-state index in [9.17, 15) is 22.8 Å². The summed E-state index contributed by atoms with van der Waals surface area (Å²) in [5.74, 6) is -5.02. The number of carbonyl (C=O) groups excluding carboxylic acids is 2. The predicted molar refractivity (Wildman–Crippen MR) is 128 cm³/mol. The number of methoxy groups -OCH3 is 2. The topological polar surface area (TPSA) is 89.5 Å². The van der Waals surface area contributed by atoms with Crippen LogP contribution in [-0.4, -0.2) is 37.6 Å². The van der Waals surface area contributed by atoms with Crippen molar-refractivity contribution >= 4 is 28.4 Å². The molecule has 0 saturated carbocycles. The van der Waals surface area contributed by atoms with Crippen LogP contribution in [0.1, 0.15) is 10.4 Å². The molecule has 2 amide bonds. The molecule has 0 spiro atoms. The van der Waals surface area contributed by atoms with Crippen molar-refractivity contribution in [3.63, 3.8) is 0 Å². The largest absolute Gasteiger partial charge is 0.493 e. The van der Waals surface area contributed by atoms with Crippen molar-refractivity contribution in [1.29, 1.82) is 0 Å². The smallest absolute Gasteiger partial charge is 0.252 e. The summed E-state index contributed by atoms with van der Waals surface area (Å²) < 4.78 is 50.9. The third kappa shape index (κ3) is 4.92. The highest BCUT2D eigenvalue weighted by Crippen LogP contribution is 2.33. The van der Waals surface area contributed by atoms with E-state index in [4.69, 9.17) is 9.47 Å². The Morgan fingerprint density at radius 1 is 0.889 bits per heavy atom. The van der Waals surface area contributed by atoms with E-state index in [1.165, 1.54) is 14.2 Å². The molecule has 184 valence electrons. The maximum Gasteiger partial charge on any atom is 0.252 e. The van der Waals surface area contributed by atoms with Gasteiger partial charge < -0.3 is 20.1 Å². The van der Waals surface area contributed by atoms with Gasteiger partial charge >= 0.3 is 0 Å². The lowest BCUT2D eigenvalue weighted by Crippen LogP contribution is -2.33. The van der Waals surface area contributed by atoms with Crippen molar-refractivity contribution in [2.45, 2.75) is 0 Å². The summed E-state index contributed by atoms with van der Waals surface area (Å²) in [6, 6.07) is 15.3. The average Bonchev–Trinajstić information content (AvgIpc) is 2.90. The molecule has 0 aliphatic heterocycles. The lowest BCUT2D eigenvalue weighted by molar-refractivity contribution is -0.115. The van der Waals surface area contributed by atoms with Gasteiger partial charge in [0.25, 0.3) is 5.91 Å². The predicted octanol–water partition coefficient (Wildman–Crippen LogP) is 4.70. The third-order valence-corrected chi connectivity index (χ3v) is 5.36. The number of pyridine rings is 1. The summed E-state index contributed by atoms with van der Waals surface area (Å²) in [5.41, 5.74) is 1.39. The van der Waals surface area contributed by atoms with Gasteiger partial charge in [-0.05, 0) is 42.5 Å². The molecular weight excluding hydrogens is 475 g/mol. The third-order valence-electron chi connectivity index (χ3n) is 5.36. The number of ether oxygens (including phenoxy) is 2. The van der Waals surface area contributed by atoms with Crippen LogP contribution in [0.5, 0.6) is 11.5 Å². The summed E-state index contributed by atoms with van der Waals surface area (Å²) in [5, 5.41) is 5.12. The number of aromatic nitrogens is 1. The van der Waals surface area contributed by atoms with Gasteiger partial charge in [0.1, 0.15) is 0 Å². The molecule has 4 rings (SSSR count). The second-order valence-electron chi connectivity index (χ2n) is 7.60. The number of benzene rings is 3. The van der Waals surface area contributed by atoms with Gasteiger partial charge in [-0.15, -0.1) is 0 Å². The van der Waals surface area contributed by atoms with E-state index in [1.54, 1.807) is 48.5 Å². The second-order valence-corrected chi connectivity index (χ2v) is 7.60. The first-order chi connectivity index (χ1) is 17.3. The number of carbonyl (C=O) groups is 2. The fourth-order valence-electron chi connectivity index (χ4n) is 3.58. The molecule has 0 aliphatic rings. The van der Waals surface area contributed by atoms with E-state index in [0.29, 0.717) is 39.7 Å². The molecule has 0 aliphatic carbocycles. The molecule has 7 nitrogen and oxygen atoms in total. The van der Waals surface area contributed by atoms with Gasteiger partial charge in [-0.25, -0.2) is 18.2 Å². The molecule has 0 fully saturated rings. The molecule has 0 radical (unpaired) electrons. The SMILES string of the molecule is COc1ccc(-c2cc(C(=O)NCC(=O)Nc3ccc(F)c(F)c3F)c3ccccc3n2)cc1OC. The van der Waals surface area contributed by atoms with E-state index in [2.05, 4.69) is 15.6 Å². The van der Waals surface area contributed by atoms with E-state index in [-0.39, 0.29) is 5.56 Å². The molecule has 0 bridgehead atoms. The zero-order chi connectivity index (χ0) is 25.8. The average molecular weight is 495 g/mol. The maximum atomic E-state index is 13.8. The highest BCUT2D eigenvalue weighted by molar-refractivity contribution is 6.08. The van der Waals surface area contributed by atoms with Crippen LogP contribution in [0.3, 0.4) is 0 Å². The summed E-state index contributed by atoms with van der Waals surface area (Å²) in [6.45, 7) is -0.542. The zero-order valence-corrected chi connectivity index (χ0v) is 19.2. The van der Waals surface area contributed by atoms with Crippen molar-refractivity contribution in [2.75, 3.05) is 26.1 Å². The number of amides is 2. The molecule has 4 aromatic rings. The first-order valence-electron chi connectivity index (χ1n) is 10.7. The molecule has 2 N–H and O–H groups in total. The Hall–Kier alpha value is -4.60. The van der Waals surface area contributed by atoms with Crippen LogP contribution in [0.15, 0.2) is 60.7 Å². The minimum atomic E-state index is -1.71. The van der Waals surface area contributed by atoms with Crippen LogP contribution in [0, 0.1) is 17.5 Å². The summed E-state index contributed by atoms with van der Waals surface area (Å²) >= 11 is 0. The number of anilines is 1. The highest BCUT2D eigenvalue weighted by Gasteiger charge is 2.18. The number of hydrogen-bond donors (Lipinski definition) is 2. The van der Waals surface area contributed by atoms with Crippen molar-refractivity contribution in [1.82, 2.24) is 10.3 Å². The van der Waals surface area contributed by atoms with E-state index < -0.39 is 41.5 Å². The number of rotatable bonds is 7. The lowest BCUT2D eigenvalue weighted by Gasteiger charge is -2.13. The standard InChI is InChI=1S/C26H20F3N3O4/c1-35-21-10-7-14(11-22(21)36-2)20-12-16(15-5-3-4-6-18(15)31-20)26(34)30-13-23(33)32-19-9-8-17(27)24(28)25(19)29/h3-12H,13H2,1-2H3,(H,30,34)(H,32,33). The molecule has 36 heavy (non-hydrogen) atoms. The number of halogens is 3. The Kier molecular flexibility index (Phi) is 7.05. The molecule has 1 aromatic heterocycles. The highest BCUT2D eigenvalue weighted by atomic mass is 19.2. The first-order valence-corrected chi connectivity index (χ1v) is 10.7. The fraction of sp³-hybridized carbons (Fsp3) is 0.115. The molecule has 3 aromatic carbocycles. The number of fused-ring (bicyclic) bond motifs is 1. The van der Waals surface area contributed by atoms with E-state index in [1.807, 2.05) is 0 Å². The van der Waals surface area contributed by atoms with Gasteiger partial charge in [0.2, 0.25) is 5.91 Å². The monoisotopic (exact) mass is 495 g/mol. The molecule has 0 saturated heterocycles.